The zero-order valence-corrected chi connectivity index (χ0v) is 14.5. The number of thiol groups is 1. The molecule has 2 aromatic carbocycles. The van der Waals surface area contributed by atoms with Crippen LogP contribution in [0.4, 0.5) is 26.2 Å². The van der Waals surface area contributed by atoms with Crippen LogP contribution in [-0.2, 0) is 4.79 Å². The van der Waals surface area contributed by atoms with Crippen molar-refractivity contribution in [2.75, 3.05) is 21.6 Å². The molecule has 5 nitrogen and oxygen atoms in total. The lowest BCUT2D eigenvalue weighted by Crippen LogP contribution is -2.26. The van der Waals surface area contributed by atoms with Gasteiger partial charge in [0.2, 0.25) is 0 Å². The van der Waals surface area contributed by atoms with Gasteiger partial charge in [-0.05, 0) is 36.4 Å². The molecule has 0 atom stereocenters. The van der Waals surface area contributed by atoms with Crippen LogP contribution in [0.1, 0.15) is 0 Å². The fourth-order valence-corrected chi connectivity index (χ4v) is 2.30. The smallest absolute Gasteiger partial charge is 0.324 e. The molecular weight excluding hydrogens is 376 g/mol. The predicted octanol–water partition coefficient (Wildman–Crippen LogP) is 4.78. The summed E-state index contributed by atoms with van der Waals surface area (Å²) in [5, 5.41) is 5.46. The number of hydrogen-bond donors (Lipinski definition) is 3. The number of amides is 3. The first kappa shape index (κ1) is 18.4. The van der Waals surface area contributed by atoms with E-state index in [2.05, 4.69) is 23.4 Å². The molecule has 126 valence electrons. The van der Waals surface area contributed by atoms with E-state index in [0.29, 0.717) is 22.1 Å². The van der Waals surface area contributed by atoms with E-state index in [-0.39, 0.29) is 5.02 Å². The third-order valence-electron chi connectivity index (χ3n) is 2.90. The highest BCUT2D eigenvalue weighted by Gasteiger charge is 2.15. The molecule has 3 amide bonds. The highest BCUT2D eigenvalue weighted by molar-refractivity contribution is 7.82. The largest absolute Gasteiger partial charge is 0.336 e. The van der Waals surface area contributed by atoms with Gasteiger partial charge < -0.3 is 10.6 Å². The lowest BCUT2D eigenvalue weighted by Gasteiger charge is -2.17. The van der Waals surface area contributed by atoms with E-state index in [9.17, 15) is 14.0 Å². The Hall–Kier alpha value is -1.96. The van der Waals surface area contributed by atoms with Gasteiger partial charge in [0.1, 0.15) is 0 Å². The number of anilines is 3. The number of urea groups is 1. The topological polar surface area (TPSA) is 61.4 Å². The molecular formula is C15H12Cl2FN3O2S. The number of carbonyl (C=O) groups is 2. The van der Waals surface area contributed by atoms with Crippen LogP contribution in [0.3, 0.4) is 0 Å². The number of benzene rings is 2. The number of nitrogens with zero attached hydrogens (tertiary/aromatic N) is 1. The van der Waals surface area contributed by atoms with E-state index in [1.807, 2.05) is 0 Å². The van der Waals surface area contributed by atoms with Gasteiger partial charge in [-0.1, -0.05) is 42.1 Å². The van der Waals surface area contributed by atoms with Crippen molar-refractivity contribution >= 4 is 65.0 Å². The molecule has 2 rings (SSSR count). The lowest BCUT2D eigenvalue weighted by atomic mass is 10.2. The maximum atomic E-state index is 12.2. The average Bonchev–Trinajstić information content (AvgIpc) is 2.58. The minimum atomic E-state index is -1.11. The van der Waals surface area contributed by atoms with Crippen molar-refractivity contribution in [2.45, 2.75) is 0 Å². The summed E-state index contributed by atoms with van der Waals surface area (Å²) >= 11 is 16.0. The SMILES string of the molecule is O=C(CF)Nc1ccc(N(S)C(=O)Nc2cccc(Cl)c2Cl)cc1. The van der Waals surface area contributed by atoms with E-state index in [1.54, 1.807) is 30.3 Å². The second kappa shape index (κ2) is 8.23. The van der Waals surface area contributed by atoms with Crippen molar-refractivity contribution in [3.63, 3.8) is 0 Å². The van der Waals surface area contributed by atoms with Crippen LogP contribution in [0, 0.1) is 0 Å². The molecule has 0 radical (unpaired) electrons. The Labute approximate surface area is 153 Å². The normalized spacial score (nSPS) is 10.2. The van der Waals surface area contributed by atoms with Crippen molar-refractivity contribution in [3.8, 4) is 0 Å². The molecule has 0 fully saturated rings. The Balaban J connectivity index is 2.07. The van der Waals surface area contributed by atoms with Crippen molar-refractivity contribution in [2.24, 2.45) is 0 Å². The van der Waals surface area contributed by atoms with Crippen LogP contribution in [0.15, 0.2) is 42.5 Å². The summed E-state index contributed by atoms with van der Waals surface area (Å²) < 4.78 is 13.2. The molecule has 24 heavy (non-hydrogen) atoms. The Kier molecular flexibility index (Phi) is 6.30. The minimum Gasteiger partial charge on any atom is -0.324 e. The third kappa shape index (κ3) is 4.53. The van der Waals surface area contributed by atoms with Crippen LogP contribution in [0.2, 0.25) is 10.0 Å². The third-order valence-corrected chi connectivity index (χ3v) is 4.13. The molecule has 0 aliphatic heterocycles. The van der Waals surface area contributed by atoms with Crippen molar-refractivity contribution in [1.29, 1.82) is 0 Å². The molecule has 0 bridgehead atoms. The number of rotatable bonds is 4. The summed E-state index contributed by atoms with van der Waals surface area (Å²) in [6.45, 7) is -1.11. The summed E-state index contributed by atoms with van der Waals surface area (Å²) in [4.78, 5) is 23.2. The fraction of sp³-hybridized carbons (Fsp3) is 0.0667. The standard InChI is InChI=1S/C15H12Cl2FN3O2S/c16-11-2-1-3-12(14(11)17)20-15(23)21(24)10-6-4-9(5-7-10)19-13(22)8-18/h1-7,24H,8H2,(H,19,22)(H,20,23). The van der Waals surface area contributed by atoms with Gasteiger partial charge in [0.05, 0.1) is 21.4 Å². The average molecular weight is 388 g/mol. The summed E-state index contributed by atoms with van der Waals surface area (Å²) in [5.74, 6) is -0.751. The van der Waals surface area contributed by atoms with Crippen LogP contribution in [0.5, 0.6) is 0 Å². The number of carbonyl (C=O) groups excluding carboxylic acids is 2. The van der Waals surface area contributed by atoms with Crippen molar-refractivity contribution in [3.05, 3.63) is 52.5 Å². The zero-order chi connectivity index (χ0) is 17.7. The maximum Gasteiger partial charge on any atom is 0.336 e. The molecule has 2 N–H and O–H groups in total. The number of hydrogen-bond acceptors (Lipinski definition) is 3. The first-order valence-corrected chi connectivity index (χ1v) is 7.78. The second-order valence-corrected chi connectivity index (χ2v) is 5.76. The van der Waals surface area contributed by atoms with Gasteiger partial charge in [-0.25, -0.2) is 13.5 Å². The van der Waals surface area contributed by atoms with E-state index in [4.69, 9.17) is 23.2 Å². The van der Waals surface area contributed by atoms with Crippen LogP contribution < -0.4 is 14.9 Å². The quantitative estimate of drug-likeness (QED) is 0.660. The summed E-state index contributed by atoms with van der Waals surface area (Å²) in [6.07, 6.45) is 0. The van der Waals surface area contributed by atoms with E-state index >= 15 is 0 Å². The maximum absolute atomic E-state index is 12.2. The first-order chi connectivity index (χ1) is 11.4. The Morgan fingerprint density at radius 1 is 1.08 bits per heavy atom. The van der Waals surface area contributed by atoms with Crippen molar-refractivity contribution < 1.29 is 14.0 Å². The van der Waals surface area contributed by atoms with Crippen LogP contribution in [0.25, 0.3) is 0 Å². The van der Waals surface area contributed by atoms with Gasteiger partial charge in [0, 0.05) is 5.69 Å². The molecule has 0 aliphatic carbocycles. The molecule has 0 aromatic heterocycles. The Bertz CT molecular complexity index is 759. The molecule has 0 heterocycles. The van der Waals surface area contributed by atoms with Gasteiger partial charge in [-0.3, -0.25) is 4.79 Å². The predicted molar refractivity (Wildman–Crippen MR) is 98.0 cm³/mol. The molecule has 0 aliphatic rings. The molecule has 2 aromatic rings. The first-order valence-electron chi connectivity index (χ1n) is 6.62. The number of alkyl halides is 1. The molecule has 9 heteroatoms. The Morgan fingerprint density at radius 2 is 1.75 bits per heavy atom. The van der Waals surface area contributed by atoms with Gasteiger partial charge in [-0.2, -0.15) is 0 Å². The van der Waals surface area contributed by atoms with Gasteiger partial charge in [-0.15, -0.1) is 0 Å². The summed E-state index contributed by atoms with van der Waals surface area (Å²) in [5.41, 5.74) is 1.19. The van der Waals surface area contributed by atoms with Crippen molar-refractivity contribution in [1.82, 2.24) is 0 Å². The van der Waals surface area contributed by atoms with Gasteiger partial charge in [0.25, 0.3) is 5.91 Å². The molecule has 0 saturated carbocycles. The minimum absolute atomic E-state index is 0.221. The van der Waals surface area contributed by atoms with Gasteiger partial charge >= 0.3 is 6.03 Å². The highest BCUT2D eigenvalue weighted by atomic mass is 35.5. The molecule has 0 spiro atoms. The van der Waals surface area contributed by atoms with Crippen LogP contribution in [-0.4, -0.2) is 18.6 Å². The Morgan fingerprint density at radius 3 is 2.38 bits per heavy atom. The fourth-order valence-electron chi connectivity index (χ4n) is 1.77. The van der Waals surface area contributed by atoms with Gasteiger partial charge in [0.15, 0.2) is 6.67 Å². The van der Waals surface area contributed by atoms with E-state index in [0.717, 1.165) is 4.31 Å². The number of halogens is 3. The van der Waals surface area contributed by atoms with Crippen LogP contribution >= 0.6 is 36.0 Å². The van der Waals surface area contributed by atoms with E-state index < -0.39 is 18.6 Å². The molecule has 0 unspecified atom stereocenters. The highest BCUT2D eigenvalue weighted by Crippen LogP contribution is 2.30. The lowest BCUT2D eigenvalue weighted by molar-refractivity contribution is -0.117. The second-order valence-electron chi connectivity index (χ2n) is 4.57. The summed E-state index contributed by atoms with van der Waals surface area (Å²) in [7, 11) is 0. The number of nitrogens with one attached hydrogen (secondary N) is 2. The zero-order valence-electron chi connectivity index (χ0n) is 12.1. The summed E-state index contributed by atoms with van der Waals surface area (Å²) in [6, 6.07) is 10.4. The molecule has 0 saturated heterocycles. The van der Waals surface area contributed by atoms with E-state index in [1.165, 1.54) is 12.1 Å². The monoisotopic (exact) mass is 387 g/mol.